The Bertz CT molecular complexity index is 562. The van der Waals surface area contributed by atoms with Gasteiger partial charge in [0.1, 0.15) is 0 Å². The second-order valence-corrected chi connectivity index (χ2v) is 6.14. The van der Waals surface area contributed by atoms with Gasteiger partial charge >= 0.3 is 0 Å². The Kier molecular flexibility index (Phi) is 4.79. The highest BCUT2D eigenvalue weighted by Gasteiger charge is 2.18. The van der Waals surface area contributed by atoms with E-state index in [2.05, 4.69) is 50.4 Å². The summed E-state index contributed by atoms with van der Waals surface area (Å²) < 4.78 is 0. The maximum Gasteiger partial charge on any atom is 0.0914 e. The molecule has 108 valence electrons. The van der Waals surface area contributed by atoms with Gasteiger partial charge in [-0.05, 0) is 42.7 Å². The Hall–Kier alpha value is -1.38. The molecule has 0 bridgehead atoms. The van der Waals surface area contributed by atoms with Crippen molar-refractivity contribution in [2.75, 3.05) is 6.54 Å². The van der Waals surface area contributed by atoms with E-state index in [1.807, 2.05) is 18.2 Å². The van der Waals surface area contributed by atoms with Crippen LogP contribution >= 0.6 is 0 Å². The SMILES string of the molecule is CCCC(C)(C)NCC(O)c1ccc2ccccc2c1. The first-order valence-electron chi connectivity index (χ1n) is 7.43. The summed E-state index contributed by atoms with van der Waals surface area (Å²) in [6.45, 7) is 7.14. The molecule has 20 heavy (non-hydrogen) atoms. The first-order chi connectivity index (χ1) is 9.52. The summed E-state index contributed by atoms with van der Waals surface area (Å²) in [5.41, 5.74) is 1.05. The van der Waals surface area contributed by atoms with Crippen LogP contribution in [0.25, 0.3) is 10.8 Å². The molecule has 0 saturated heterocycles. The molecule has 0 saturated carbocycles. The summed E-state index contributed by atoms with van der Waals surface area (Å²) in [6, 6.07) is 14.4. The Balaban J connectivity index is 2.05. The first kappa shape index (κ1) is 15.0. The topological polar surface area (TPSA) is 32.3 Å². The molecule has 2 aromatic rings. The Morgan fingerprint density at radius 1 is 1.10 bits per heavy atom. The van der Waals surface area contributed by atoms with E-state index < -0.39 is 6.10 Å². The molecule has 1 atom stereocenters. The summed E-state index contributed by atoms with van der Waals surface area (Å²) in [4.78, 5) is 0. The van der Waals surface area contributed by atoms with Crippen molar-refractivity contribution >= 4 is 10.8 Å². The zero-order valence-electron chi connectivity index (χ0n) is 12.7. The lowest BCUT2D eigenvalue weighted by Crippen LogP contribution is -2.41. The van der Waals surface area contributed by atoms with Crippen LogP contribution in [0, 0.1) is 0 Å². The number of hydrogen-bond donors (Lipinski definition) is 2. The van der Waals surface area contributed by atoms with Gasteiger partial charge in [-0.25, -0.2) is 0 Å². The molecule has 2 rings (SSSR count). The van der Waals surface area contributed by atoms with Crippen molar-refractivity contribution in [1.82, 2.24) is 5.32 Å². The molecule has 0 aliphatic rings. The van der Waals surface area contributed by atoms with Gasteiger partial charge in [-0.15, -0.1) is 0 Å². The van der Waals surface area contributed by atoms with Crippen LogP contribution < -0.4 is 5.32 Å². The van der Waals surface area contributed by atoms with Gasteiger partial charge in [0.2, 0.25) is 0 Å². The number of benzene rings is 2. The molecule has 0 fully saturated rings. The van der Waals surface area contributed by atoms with Crippen molar-refractivity contribution in [3.05, 3.63) is 48.0 Å². The lowest BCUT2D eigenvalue weighted by Gasteiger charge is -2.27. The summed E-state index contributed by atoms with van der Waals surface area (Å²) in [5.74, 6) is 0. The highest BCUT2D eigenvalue weighted by molar-refractivity contribution is 5.83. The molecule has 2 nitrogen and oxygen atoms in total. The van der Waals surface area contributed by atoms with E-state index in [0.717, 1.165) is 18.4 Å². The summed E-state index contributed by atoms with van der Waals surface area (Å²) in [7, 11) is 0. The molecule has 0 spiro atoms. The lowest BCUT2D eigenvalue weighted by atomic mass is 9.97. The smallest absolute Gasteiger partial charge is 0.0914 e. The van der Waals surface area contributed by atoms with E-state index in [0.29, 0.717) is 6.54 Å². The maximum absolute atomic E-state index is 10.3. The third-order valence-corrected chi connectivity index (χ3v) is 3.81. The Morgan fingerprint density at radius 2 is 1.80 bits per heavy atom. The predicted octanol–water partition coefficient (Wildman–Crippen LogP) is 4.04. The molecule has 2 N–H and O–H groups in total. The van der Waals surface area contributed by atoms with E-state index >= 15 is 0 Å². The molecule has 1 unspecified atom stereocenters. The largest absolute Gasteiger partial charge is 0.387 e. The van der Waals surface area contributed by atoms with Crippen LogP contribution in [0.2, 0.25) is 0 Å². The van der Waals surface area contributed by atoms with Crippen molar-refractivity contribution in [3.8, 4) is 0 Å². The number of hydrogen-bond acceptors (Lipinski definition) is 2. The third kappa shape index (κ3) is 3.81. The average molecular weight is 271 g/mol. The number of β-amino-alcohol motifs (C(OH)–C–C–N with tert-alkyl or cyclic N) is 1. The van der Waals surface area contributed by atoms with Crippen molar-refractivity contribution in [2.24, 2.45) is 0 Å². The van der Waals surface area contributed by atoms with Crippen molar-refractivity contribution in [2.45, 2.75) is 45.3 Å². The van der Waals surface area contributed by atoms with Gasteiger partial charge in [-0.2, -0.15) is 0 Å². The average Bonchev–Trinajstić information content (AvgIpc) is 2.44. The standard InChI is InChI=1S/C18H25NO/c1-4-11-18(2,3)19-13-17(20)16-10-9-14-7-5-6-8-15(14)12-16/h5-10,12,17,19-20H,4,11,13H2,1-3H3. The molecular formula is C18H25NO. The minimum absolute atomic E-state index is 0.0760. The van der Waals surface area contributed by atoms with Gasteiger partial charge in [0.05, 0.1) is 6.10 Å². The Morgan fingerprint density at radius 3 is 2.50 bits per heavy atom. The second kappa shape index (κ2) is 6.38. The molecule has 2 aromatic carbocycles. The minimum Gasteiger partial charge on any atom is -0.387 e. The third-order valence-electron chi connectivity index (χ3n) is 3.81. The van der Waals surface area contributed by atoms with Gasteiger partial charge in [0, 0.05) is 12.1 Å². The van der Waals surface area contributed by atoms with Gasteiger partial charge in [-0.1, -0.05) is 49.7 Å². The molecule has 0 aliphatic carbocycles. The summed E-state index contributed by atoms with van der Waals surface area (Å²) in [5, 5.41) is 16.2. The minimum atomic E-state index is -0.462. The van der Waals surface area contributed by atoms with Crippen LogP contribution in [-0.4, -0.2) is 17.2 Å². The van der Waals surface area contributed by atoms with Crippen LogP contribution in [0.3, 0.4) is 0 Å². The van der Waals surface area contributed by atoms with Crippen LogP contribution in [0.5, 0.6) is 0 Å². The molecule has 0 amide bonds. The quantitative estimate of drug-likeness (QED) is 0.831. The van der Waals surface area contributed by atoms with Crippen LogP contribution in [0.1, 0.15) is 45.3 Å². The number of fused-ring (bicyclic) bond motifs is 1. The van der Waals surface area contributed by atoms with E-state index in [4.69, 9.17) is 0 Å². The van der Waals surface area contributed by atoms with Crippen LogP contribution in [0.15, 0.2) is 42.5 Å². The molecule has 0 heterocycles. The number of rotatable bonds is 6. The molecule has 2 heteroatoms. The number of aliphatic hydroxyl groups is 1. The predicted molar refractivity (Wildman–Crippen MR) is 85.9 cm³/mol. The van der Waals surface area contributed by atoms with Crippen molar-refractivity contribution < 1.29 is 5.11 Å². The monoisotopic (exact) mass is 271 g/mol. The summed E-state index contributed by atoms with van der Waals surface area (Å²) >= 11 is 0. The molecule has 0 aromatic heterocycles. The maximum atomic E-state index is 10.3. The fourth-order valence-corrected chi connectivity index (χ4v) is 2.62. The molecular weight excluding hydrogens is 246 g/mol. The van der Waals surface area contributed by atoms with Gasteiger partial charge in [-0.3, -0.25) is 0 Å². The number of nitrogens with one attached hydrogen (secondary N) is 1. The number of aliphatic hydroxyl groups excluding tert-OH is 1. The van der Waals surface area contributed by atoms with Gasteiger partial charge in [0.15, 0.2) is 0 Å². The first-order valence-corrected chi connectivity index (χ1v) is 7.43. The highest BCUT2D eigenvalue weighted by atomic mass is 16.3. The fourth-order valence-electron chi connectivity index (χ4n) is 2.62. The zero-order chi connectivity index (χ0) is 14.6. The second-order valence-electron chi connectivity index (χ2n) is 6.14. The van der Waals surface area contributed by atoms with Crippen LogP contribution in [0.4, 0.5) is 0 Å². The van der Waals surface area contributed by atoms with Crippen molar-refractivity contribution in [3.63, 3.8) is 0 Å². The van der Waals surface area contributed by atoms with Gasteiger partial charge in [0.25, 0.3) is 0 Å². The lowest BCUT2D eigenvalue weighted by molar-refractivity contribution is 0.159. The van der Waals surface area contributed by atoms with Crippen LogP contribution in [-0.2, 0) is 0 Å². The van der Waals surface area contributed by atoms with E-state index in [-0.39, 0.29) is 5.54 Å². The summed E-state index contributed by atoms with van der Waals surface area (Å²) in [6.07, 6.45) is 1.79. The zero-order valence-corrected chi connectivity index (χ0v) is 12.7. The van der Waals surface area contributed by atoms with E-state index in [1.54, 1.807) is 0 Å². The molecule has 0 radical (unpaired) electrons. The van der Waals surface area contributed by atoms with E-state index in [9.17, 15) is 5.11 Å². The highest BCUT2D eigenvalue weighted by Crippen LogP contribution is 2.21. The van der Waals surface area contributed by atoms with Crippen molar-refractivity contribution in [1.29, 1.82) is 0 Å². The molecule has 0 aliphatic heterocycles. The van der Waals surface area contributed by atoms with E-state index in [1.165, 1.54) is 10.8 Å². The Labute approximate surface area is 121 Å². The normalized spacial score (nSPS) is 13.6. The fraction of sp³-hybridized carbons (Fsp3) is 0.444. The van der Waals surface area contributed by atoms with Gasteiger partial charge < -0.3 is 10.4 Å².